The van der Waals surface area contributed by atoms with Gasteiger partial charge in [-0.15, -0.1) is 0 Å². The molecular formula is C12H20O4. The molecule has 1 aliphatic carbocycles. The maximum absolute atomic E-state index is 11.9. The van der Waals surface area contributed by atoms with Crippen molar-refractivity contribution >= 4 is 11.9 Å². The van der Waals surface area contributed by atoms with E-state index >= 15 is 0 Å². The molecule has 1 saturated carbocycles. The van der Waals surface area contributed by atoms with Gasteiger partial charge in [0.15, 0.2) is 0 Å². The molecule has 0 aromatic carbocycles. The van der Waals surface area contributed by atoms with E-state index in [9.17, 15) is 9.59 Å². The fourth-order valence-electron chi connectivity index (χ4n) is 2.18. The van der Waals surface area contributed by atoms with Gasteiger partial charge in [0.1, 0.15) is 0 Å². The Balaban J connectivity index is 2.73. The summed E-state index contributed by atoms with van der Waals surface area (Å²) < 4.78 is 10.00. The third-order valence-electron chi connectivity index (χ3n) is 3.26. The maximum Gasteiger partial charge on any atom is 0.313 e. The molecule has 2 unspecified atom stereocenters. The second-order valence-corrected chi connectivity index (χ2v) is 4.42. The van der Waals surface area contributed by atoms with Gasteiger partial charge < -0.3 is 9.47 Å². The number of rotatable bonds is 5. The van der Waals surface area contributed by atoms with Crippen LogP contribution in [0, 0.1) is 17.3 Å². The van der Waals surface area contributed by atoms with E-state index in [1.807, 2.05) is 13.8 Å². The number of carbonyl (C=O) groups is 2. The topological polar surface area (TPSA) is 52.6 Å². The van der Waals surface area contributed by atoms with E-state index in [1.165, 1.54) is 0 Å². The number of hydrogen-bond acceptors (Lipinski definition) is 4. The van der Waals surface area contributed by atoms with Crippen molar-refractivity contribution in [3.8, 4) is 0 Å². The summed E-state index contributed by atoms with van der Waals surface area (Å²) in [4.78, 5) is 23.5. The maximum atomic E-state index is 11.9. The highest BCUT2D eigenvalue weighted by Crippen LogP contribution is 2.59. The molecule has 4 nitrogen and oxygen atoms in total. The van der Waals surface area contributed by atoms with Crippen molar-refractivity contribution in [2.24, 2.45) is 17.3 Å². The summed E-state index contributed by atoms with van der Waals surface area (Å²) in [6, 6.07) is 0. The van der Waals surface area contributed by atoms with Crippen LogP contribution in [0.5, 0.6) is 0 Å². The average Bonchev–Trinajstić information content (AvgIpc) is 2.94. The molecule has 0 amide bonds. The first-order chi connectivity index (χ1) is 7.50. The summed E-state index contributed by atoms with van der Waals surface area (Å²) in [5.74, 6) is -0.750. The van der Waals surface area contributed by atoms with Crippen LogP contribution in [0.2, 0.25) is 0 Å². The summed E-state index contributed by atoms with van der Waals surface area (Å²) in [5, 5.41) is 0. The van der Waals surface area contributed by atoms with Crippen molar-refractivity contribution in [1.82, 2.24) is 0 Å². The molecule has 0 aromatic heterocycles. The van der Waals surface area contributed by atoms with Gasteiger partial charge in [0.2, 0.25) is 0 Å². The van der Waals surface area contributed by atoms with Crippen molar-refractivity contribution < 1.29 is 19.1 Å². The highest BCUT2D eigenvalue weighted by molar-refractivity contribution is 5.91. The van der Waals surface area contributed by atoms with Gasteiger partial charge in [-0.25, -0.2) is 0 Å². The molecule has 92 valence electrons. The summed E-state index contributed by atoms with van der Waals surface area (Å²) in [7, 11) is 0. The van der Waals surface area contributed by atoms with E-state index in [-0.39, 0.29) is 23.8 Å². The molecule has 1 aliphatic rings. The van der Waals surface area contributed by atoms with E-state index < -0.39 is 5.41 Å². The van der Waals surface area contributed by atoms with Crippen molar-refractivity contribution in [2.45, 2.75) is 34.1 Å². The Kier molecular flexibility index (Phi) is 3.94. The lowest BCUT2D eigenvalue weighted by Crippen LogP contribution is -2.29. The van der Waals surface area contributed by atoms with Crippen LogP contribution in [-0.4, -0.2) is 25.2 Å². The molecule has 0 saturated heterocycles. The van der Waals surface area contributed by atoms with Crippen LogP contribution in [0.15, 0.2) is 0 Å². The first-order valence-corrected chi connectivity index (χ1v) is 5.84. The van der Waals surface area contributed by atoms with E-state index in [0.717, 1.165) is 0 Å². The minimum absolute atomic E-state index is 0.0981. The highest BCUT2D eigenvalue weighted by Gasteiger charge is 2.67. The second-order valence-electron chi connectivity index (χ2n) is 4.42. The molecule has 0 bridgehead atoms. The zero-order valence-corrected chi connectivity index (χ0v) is 10.4. The van der Waals surface area contributed by atoms with Gasteiger partial charge in [-0.05, 0) is 26.2 Å². The Bertz CT molecular complexity index is 285. The minimum Gasteiger partial charge on any atom is -0.466 e. The highest BCUT2D eigenvalue weighted by atomic mass is 16.5. The van der Waals surface area contributed by atoms with Gasteiger partial charge >= 0.3 is 11.9 Å². The predicted molar refractivity (Wildman–Crippen MR) is 58.6 cm³/mol. The normalized spacial score (nSPS) is 27.7. The molecule has 2 atom stereocenters. The van der Waals surface area contributed by atoms with Gasteiger partial charge in [-0.3, -0.25) is 9.59 Å². The largest absolute Gasteiger partial charge is 0.466 e. The Morgan fingerprint density at radius 2 is 1.81 bits per heavy atom. The molecule has 0 spiro atoms. The van der Waals surface area contributed by atoms with Crippen LogP contribution < -0.4 is 0 Å². The molecule has 0 heterocycles. The predicted octanol–water partition coefficient (Wildman–Crippen LogP) is 1.77. The van der Waals surface area contributed by atoms with E-state index in [1.54, 1.807) is 13.8 Å². The Labute approximate surface area is 96.3 Å². The monoisotopic (exact) mass is 228 g/mol. The third kappa shape index (κ3) is 2.06. The summed E-state index contributed by atoms with van der Waals surface area (Å²) in [6.07, 6.45) is 0.558. The van der Waals surface area contributed by atoms with E-state index in [0.29, 0.717) is 19.6 Å². The van der Waals surface area contributed by atoms with Gasteiger partial charge in [0.05, 0.1) is 24.5 Å². The molecule has 0 aromatic rings. The minimum atomic E-state index is -0.637. The summed E-state index contributed by atoms with van der Waals surface area (Å²) in [6.45, 7) is 8.12. The first kappa shape index (κ1) is 13.0. The lowest BCUT2D eigenvalue weighted by Gasteiger charge is -2.19. The van der Waals surface area contributed by atoms with Crippen LogP contribution in [0.4, 0.5) is 0 Å². The SMILES string of the molecule is CCOC(=O)C1CC1(C(=O)OCC)C(C)C. The Hall–Kier alpha value is -1.06. The molecule has 0 N–H and O–H groups in total. The second kappa shape index (κ2) is 4.85. The van der Waals surface area contributed by atoms with Crippen molar-refractivity contribution in [3.63, 3.8) is 0 Å². The van der Waals surface area contributed by atoms with Crippen molar-refractivity contribution in [2.75, 3.05) is 13.2 Å². The van der Waals surface area contributed by atoms with Crippen LogP contribution >= 0.6 is 0 Å². The van der Waals surface area contributed by atoms with Crippen LogP contribution in [-0.2, 0) is 19.1 Å². The zero-order valence-electron chi connectivity index (χ0n) is 10.4. The molecule has 0 aliphatic heterocycles. The quantitative estimate of drug-likeness (QED) is 0.673. The van der Waals surface area contributed by atoms with Gasteiger partial charge in [0.25, 0.3) is 0 Å². The third-order valence-corrected chi connectivity index (χ3v) is 3.26. The lowest BCUT2D eigenvalue weighted by atomic mass is 9.90. The van der Waals surface area contributed by atoms with Gasteiger partial charge in [-0.2, -0.15) is 0 Å². The van der Waals surface area contributed by atoms with Gasteiger partial charge in [0, 0.05) is 0 Å². The fraction of sp³-hybridized carbons (Fsp3) is 0.833. The molecule has 4 heteroatoms. The first-order valence-electron chi connectivity index (χ1n) is 5.84. The molecule has 16 heavy (non-hydrogen) atoms. The van der Waals surface area contributed by atoms with Gasteiger partial charge in [-0.1, -0.05) is 13.8 Å². The smallest absolute Gasteiger partial charge is 0.313 e. The fourth-order valence-corrected chi connectivity index (χ4v) is 2.18. The average molecular weight is 228 g/mol. The van der Waals surface area contributed by atoms with Crippen molar-refractivity contribution in [3.05, 3.63) is 0 Å². The summed E-state index contributed by atoms with van der Waals surface area (Å²) in [5.41, 5.74) is -0.637. The van der Waals surface area contributed by atoms with E-state index in [4.69, 9.17) is 9.47 Å². The summed E-state index contributed by atoms with van der Waals surface area (Å²) >= 11 is 0. The van der Waals surface area contributed by atoms with Crippen LogP contribution in [0.3, 0.4) is 0 Å². The Morgan fingerprint density at radius 1 is 1.25 bits per heavy atom. The van der Waals surface area contributed by atoms with Crippen LogP contribution in [0.1, 0.15) is 34.1 Å². The van der Waals surface area contributed by atoms with Crippen molar-refractivity contribution in [1.29, 1.82) is 0 Å². The molecule has 0 radical (unpaired) electrons. The molecule has 1 rings (SSSR count). The molecular weight excluding hydrogens is 208 g/mol. The number of esters is 2. The Morgan fingerprint density at radius 3 is 2.25 bits per heavy atom. The lowest BCUT2D eigenvalue weighted by molar-refractivity contribution is -0.157. The van der Waals surface area contributed by atoms with Crippen LogP contribution in [0.25, 0.3) is 0 Å². The molecule has 1 fully saturated rings. The number of carbonyl (C=O) groups excluding carboxylic acids is 2. The standard InChI is InChI=1S/C12H20O4/c1-5-15-10(13)9-7-12(9,8(3)4)11(14)16-6-2/h8-9H,5-7H2,1-4H3. The number of hydrogen-bond donors (Lipinski definition) is 0. The van der Waals surface area contributed by atoms with E-state index in [2.05, 4.69) is 0 Å². The number of ether oxygens (including phenoxy) is 2. The zero-order chi connectivity index (χ0) is 12.3.